The van der Waals surface area contributed by atoms with Crippen LogP contribution >= 0.6 is 0 Å². The van der Waals surface area contributed by atoms with Crippen molar-refractivity contribution in [1.29, 1.82) is 0 Å². The maximum atomic E-state index is 13.7. The van der Waals surface area contributed by atoms with E-state index in [0.717, 1.165) is 43.4 Å². The van der Waals surface area contributed by atoms with Gasteiger partial charge in [-0.15, -0.1) is 0 Å². The van der Waals surface area contributed by atoms with Crippen LogP contribution in [0, 0.1) is 29.1 Å². The third-order valence-electron chi connectivity index (χ3n) is 6.80. The lowest BCUT2D eigenvalue weighted by Crippen LogP contribution is -2.55. The molecule has 1 aromatic heterocycles. The van der Waals surface area contributed by atoms with Crippen molar-refractivity contribution in [3.63, 3.8) is 0 Å². The molecule has 6 nitrogen and oxygen atoms in total. The minimum atomic E-state index is -0.208. The smallest absolute Gasteiger partial charge is 0.245 e. The summed E-state index contributed by atoms with van der Waals surface area (Å²) in [6.07, 6.45) is 9.35. The zero-order valence-corrected chi connectivity index (χ0v) is 16.4. The van der Waals surface area contributed by atoms with Gasteiger partial charge < -0.3 is 14.7 Å². The van der Waals surface area contributed by atoms with Crippen molar-refractivity contribution in [2.45, 2.75) is 58.8 Å². The van der Waals surface area contributed by atoms with E-state index in [1.165, 1.54) is 25.5 Å². The lowest BCUT2D eigenvalue weighted by molar-refractivity contribution is -0.159. The first kappa shape index (κ1) is 18.5. The standard InChI is InChI=1S/C21H31N3O3/c1-14(2)3-5-24(13-19(25)22-18-4-6-27-23-18)20(26)21-10-15-7-16(11-21)9-17(8-15)12-21/h4,6,14-17H,3,5,7-13H2,1-2H3,(H,22,23,25). The average molecular weight is 373 g/mol. The van der Waals surface area contributed by atoms with Gasteiger partial charge in [-0.1, -0.05) is 19.0 Å². The van der Waals surface area contributed by atoms with E-state index in [1.54, 1.807) is 6.07 Å². The number of rotatable bonds is 7. The predicted octanol–water partition coefficient (Wildman–Crippen LogP) is 3.70. The Bertz CT molecular complexity index is 648. The molecule has 5 rings (SSSR count). The van der Waals surface area contributed by atoms with E-state index in [2.05, 4.69) is 24.3 Å². The molecule has 6 heteroatoms. The molecule has 0 aromatic carbocycles. The van der Waals surface area contributed by atoms with E-state index in [0.29, 0.717) is 18.3 Å². The summed E-state index contributed by atoms with van der Waals surface area (Å²) in [6, 6.07) is 1.61. The molecule has 0 aliphatic heterocycles. The van der Waals surface area contributed by atoms with Gasteiger partial charge in [0.2, 0.25) is 11.8 Å². The number of hydrogen-bond acceptors (Lipinski definition) is 4. The summed E-state index contributed by atoms with van der Waals surface area (Å²) < 4.78 is 4.77. The van der Waals surface area contributed by atoms with Crippen molar-refractivity contribution < 1.29 is 14.1 Å². The van der Waals surface area contributed by atoms with Crippen LogP contribution in [0.2, 0.25) is 0 Å². The number of carbonyl (C=O) groups excluding carboxylic acids is 2. The maximum Gasteiger partial charge on any atom is 0.245 e. The molecule has 4 saturated carbocycles. The first-order valence-corrected chi connectivity index (χ1v) is 10.4. The van der Waals surface area contributed by atoms with E-state index in [-0.39, 0.29) is 23.8 Å². The monoisotopic (exact) mass is 373 g/mol. The molecular weight excluding hydrogens is 342 g/mol. The largest absolute Gasteiger partial charge is 0.363 e. The lowest BCUT2D eigenvalue weighted by Gasteiger charge is -2.56. The summed E-state index contributed by atoms with van der Waals surface area (Å²) in [7, 11) is 0. The topological polar surface area (TPSA) is 75.4 Å². The van der Waals surface area contributed by atoms with Crippen molar-refractivity contribution in [1.82, 2.24) is 10.1 Å². The Balaban J connectivity index is 1.47. The van der Waals surface area contributed by atoms with Crippen molar-refractivity contribution in [2.75, 3.05) is 18.4 Å². The highest BCUT2D eigenvalue weighted by molar-refractivity contribution is 5.94. The number of aromatic nitrogens is 1. The summed E-state index contributed by atoms with van der Waals surface area (Å²) in [4.78, 5) is 28.0. The molecule has 0 radical (unpaired) electrons. The molecule has 1 heterocycles. The molecule has 0 unspecified atom stereocenters. The first-order valence-electron chi connectivity index (χ1n) is 10.4. The third-order valence-corrected chi connectivity index (χ3v) is 6.80. The Morgan fingerprint density at radius 3 is 2.37 bits per heavy atom. The third kappa shape index (κ3) is 3.90. The Kier molecular flexibility index (Phi) is 4.99. The number of hydrogen-bond donors (Lipinski definition) is 1. The van der Waals surface area contributed by atoms with Crippen molar-refractivity contribution in [2.24, 2.45) is 29.1 Å². The van der Waals surface area contributed by atoms with E-state index >= 15 is 0 Å². The Morgan fingerprint density at radius 2 is 1.85 bits per heavy atom. The zero-order valence-electron chi connectivity index (χ0n) is 16.4. The first-order chi connectivity index (χ1) is 12.9. The average Bonchev–Trinajstić information content (AvgIpc) is 3.09. The molecule has 4 bridgehead atoms. The van der Waals surface area contributed by atoms with Gasteiger partial charge in [-0.2, -0.15) is 0 Å². The molecular formula is C21H31N3O3. The van der Waals surface area contributed by atoms with E-state index in [4.69, 9.17) is 4.52 Å². The minimum Gasteiger partial charge on any atom is -0.363 e. The fourth-order valence-electron chi connectivity index (χ4n) is 6.01. The molecule has 148 valence electrons. The Labute approximate surface area is 161 Å². The van der Waals surface area contributed by atoms with Crippen molar-refractivity contribution >= 4 is 17.6 Å². The van der Waals surface area contributed by atoms with Crippen LogP contribution in [0.3, 0.4) is 0 Å². The van der Waals surface area contributed by atoms with Gasteiger partial charge in [0.15, 0.2) is 5.82 Å². The molecule has 1 N–H and O–H groups in total. The number of carbonyl (C=O) groups is 2. The highest BCUT2D eigenvalue weighted by Gasteiger charge is 2.55. The predicted molar refractivity (Wildman–Crippen MR) is 102 cm³/mol. The molecule has 1 aromatic rings. The van der Waals surface area contributed by atoms with Gasteiger partial charge >= 0.3 is 0 Å². The van der Waals surface area contributed by atoms with Crippen LogP contribution in [0.4, 0.5) is 5.82 Å². The van der Waals surface area contributed by atoms with Gasteiger partial charge in [-0.3, -0.25) is 9.59 Å². The van der Waals surface area contributed by atoms with Gasteiger partial charge in [0.1, 0.15) is 6.26 Å². The second-order valence-electron chi connectivity index (χ2n) is 9.54. The molecule has 0 spiro atoms. The quantitative estimate of drug-likeness (QED) is 0.791. The second kappa shape index (κ2) is 7.28. The molecule has 4 aliphatic rings. The highest BCUT2D eigenvalue weighted by atomic mass is 16.5. The van der Waals surface area contributed by atoms with Gasteiger partial charge in [-0.05, 0) is 68.6 Å². The number of anilines is 1. The molecule has 0 saturated heterocycles. The van der Waals surface area contributed by atoms with Crippen LogP contribution in [-0.4, -0.2) is 35.0 Å². The number of nitrogens with one attached hydrogen (secondary N) is 1. The van der Waals surface area contributed by atoms with Crippen LogP contribution < -0.4 is 5.32 Å². The van der Waals surface area contributed by atoms with Gasteiger partial charge in [-0.25, -0.2) is 0 Å². The molecule has 0 atom stereocenters. The number of nitrogens with zero attached hydrogens (tertiary/aromatic N) is 2. The van der Waals surface area contributed by atoms with Crippen molar-refractivity contribution in [3.05, 3.63) is 12.3 Å². The fraction of sp³-hybridized carbons (Fsp3) is 0.762. The Morgan fingerprint density at radius 1 is 1.22 bits per heavy atom. The Hall–Kier alpha value is -1.85. The molecule has 4 aliphatic carbocycles. The highest BCUT2D eigenvalue weighted by Crippen LogP contribution is 2.60. The van der Waals surface area contributed by atoms with Gasteiger partial charge in [0.25, 0.3) is 0 Å². The van der Waals surface area contributed by atoms with E-state index in [1.807, 2.05) is 4.90 Å². The summed E-state index contributed by atoms with van der Waals surface area (Å²) in [6.45, 7) is 5.05. The fourth-order valence-corrected chi connectivity index (χ4v) is 6.01. The van der Waals surface area contributed by atoms with Gasteiger partial charge in [0.05, 0.1) is 12.0 Å². The molecule has 27 heavy (non-hydrogen) atoms. The normalized spacial score (nSPS) is 31.3. The molecule has 2 amide bonds. The lowest BCUT2D eigenvalue weighted by atomic mass is 9.49. The van der Waals surface area contributed by atoms with Crippen LogP contribution in [0.15, 0.2) is 16.9 Å². The summed E-state index contributed by atoms with van der Waals surface area (Å²) in [5.41, 5.74) is -0.208. The van der Waals surface area contributed by atoms with Crippen LogP contribution in [-0.2, 0) is 9.59 Å². The summed E-state index contributed by atoms with van der Waals surface area (Å²) in [5.74, 6) is 3.06. The van der Waals surface area contributed by atoms with E-state index < -0.39 is 0 Å². The second-order valence-corrected chi connectivity index (χ2v) is 9.54. The van der Waals surface area contributed by atoms with Crippen LogP contribution in [0.1, 0.15) is 58.8 Å². The van der Waals surface area contributed by atoms with E-state index in [9.17, 15) is 9.59 Å². The summed E-state index contributed by atoms with van der Waals surface area (Å²) in [5, 5.41) is 6.46. The summed E-state index contributed by atoms with van der Waals surface area (Å²) >= 11 is 0. The number of amides is 2. The SMILES string of the molecule is CC(C)CCN(CC(=O)Nc1ccon1)C(=O)C12CC3CC(CC(C3)C1)C2. The van der Waals surface area contributed by atoms with Crippen LogP contribution in [0.25, 0.3) is 0 Å². The molecule has 4 fully saturated rings. The van der Waals surface area contributed by atoms with Gasteiger partial charge in [0, 0.05) is 12.6 Å². The van der Waals surface area contributed by atoms with Crippen molar-refractivity contribution in [3.8, 4) is 0 Å². The maximum absolute atomic E-state index is 13.7. The zero-order chi connectivity index (χ0) is 19.0. The van der Waals surface area contributed by atoms with Crippen LogP contribution in [0.5, 0.6) is 0 Å². The minimum absolute atomic E-state index is 0.0974.